The molecule has 30 heavy (non-hydrogen) atoms. The number of benzene rings is 3. The molecule has 0 fully saturated rings. The Hall–Kier alpha value is -2.64. The Morgan fingerprint density at radius 1 is 1.07 bits per heavy atom. The number of ether oxygens (including phenoxy) is 1. The maximum absolute atomic E-state index is 14.7. The molecule has 3 aromatic rings. The van der Waals surface area contributed by atoms with Gasteiger partial charge in [-0.15, -0.1) is 0 Å². The van der Waals surface area contributed by atoms with Crippen LogP contribution in [0, 0.1) is 18.6 Å². The van der Waals surface area contributed by atoms with Gasteiger partial charge in [0.2, 0.25) is 0 Å². The standard InChI is InChI=1S/C22H19ClF2NO3S/c1-3-29-22-7-5-4-6-19(22)15(2)26(21-14-17(24)10-13-20(21)25)30(27,28)18-11-8-16(23)9-12-18/h4-15H,1,3H2,2H3. The fraction of sp³-hybridized carbons (Fsp3) is 0.136. The first-order valence-electron chi connectivity index (χ1n) is 9.01. The summed E-state index contributed by atoms with van der Waals surface area (Å²) < 4.78 is 62.1. The summed E-state index contributed by atoms with van der Waals surface area (Å²) in [6, 6.07) is 13.9. The van der Waals surface area contributed by atoms with E-state index >= 15 is 0 Å². The molecule has 1 atom stereocenters. The second-order valence-electron chi connectivity index (χ2n) is 6.41. The van der Waals surface area contributed by atoms with Crippen LogP contribution < -0.4 is 9.04 Å². The Morgan fingerprint density at radius 3 is 2.40 bits per heavy atom. The first kappa shape index (κ1) is 22.1. The minimum atomic E-state index is -4.29. The molecule has 3 rings (SSSR count). The zero-order valence-electron chi connectivity index (χ0n) is 16.1. The minimum absolute atomic E-state index is 0.113. The largest absolute Gasteiger partial charge is 0.493 e. The van der Waals surface area contributed by atoms with Gasteiger partial charge in [0.05, 0.1) is 23.2 Å². The van der Waals surface area contributed by atoms with E-state index in [9.17, 15) is 17.2 Å². The Bertz CT molecular complexity index is 1140. The highest BCUT2D eigenvalue weighted by Crippen LogP contribution is 2.38. The fourth-order valence-corrected chi connectivity index (χ4v) is 4.88. The number of hydrogen-bond acceptors (Lipinski definition) is 3. The van der Waals surface area contributed by atoms with Gasteiger partial charge < -0.3 is 4.74 Å². The van der Waals surface area contributed by atoms with Gasteiger partial charge in [-0.05, 0) is 56.3 Å². The van der Waals surface area contributed by atoms with Gasteiger partial charge >= 0.3 is 0 Å². The molecule has 0 saturated carbocycles. The molecule has 0 heterocycles. The van der Waals surface area contributed by atoms with Crippen molar-refractivity contribution in [2.75, 3.05) is 10.9 Å². The van der Waals surface area contributed by atoms with Crippen molar-refractivity contribution in [2.24, 2.45) is 0 Å². The van der Waals surface area contributed by atoms with Crippen LogP contribution in [-0.2, 0) is 10.0 Å². The van der Waals surface area contributed by atoms with Crippen LogP contribution in [0.5, 0.6) is 5.75 Å². The predicted molar refractivity (Wildman–Crippen MR) is 113 cm³/mol. The van der Waals surface area contributed by atoms with Crippen molar-refractivity contribution in [1.29, 1.82) is 0 Å². The van der Waals surface area contributed by atoms with E-state index in [1.165, 1.54) is 24.3 Å². The minimum Gasteiger partial charge on any atom is -0.493 e. The van der Waals surface area contributed by atoms with Crippen LogP contribution in [0.2, 0.25) is 5.02 Å². The maximum atomic E-state index is 14.7. The van der Waals surface area contributed by atoms with Crippen LogP contribution in [-0.4, -0.2) is 15.0 Å². The van der Waals surface area contributed by atoms with Gasteiger partial charge in [0, 0.05) is 16.7 Å². The summed E-state index contributed by atoms with van der Waals surface area (Å²) in [5.74, 6) is -1.25. The van der Waals surface area contributed by atoms with E-state index in [-0.39, 0.29) is 11.5 Å². The molecule has 8 heteroatoms. The summed E-state index contributed by atoms with van der Waals surface area (Å²) in [6.07, 6.45) is 0. The Balaban J connectivity index is 2.23. The van der Waals surface area contributed by atoms with Crippen molar-refractivity contribution in [3.8, 4) is 5.75 Å². The summed E-state index contributed by atoms with van der Waals surface area (Å²) in [7, 11) is -4.29. The topological polar surface area (TPSA) is 46.6 Å². The van der Waals surface area contributed by atoms with E-state index in [1.807, 2.05) is 0 Å². The molecule has 0 amide bonds. The van der Waals surface area contributed by atoms with Gasteiger partial charge in [-0.1, -0.05) is 29.8 Å². The number of anilines is 1. The molecule has 0 bridgehead atoms. The number of sulfonamides is 1. The second-order valence-corrected chi connectivity index (χ2v) is 8.66. The van der Waals surface area contributed by atoms with Crippen molar-refractivity contribution in [3.63, 3.8) is 0 Å². The van der Waals surface area contributed by atoms with Crippen molar-refractivity contribution in [2.45, 2.75) is 17.9 Å². The van der Waals surface area contributed by atoms with Crippen LogP contribution in [0.3, 0.4) is 0 Å². The van der Waals surface area contributed by atoms with E-state index in [0.717, 1.165) is 22.5 Å². The summed E-state index contributed by atoms with van der Waals surface area (Å²) in [6.45, 7) is 5.32. The van der Waals surface area contributed by atoms with Gasteiger partial charge in [0.1, 0.15) is 17.4 Å². The van der Waals surface area contributed by atoms with Crippen molar-refractivity contribution in [3.05, 3.63) is 95.9 Å². The van der Waals surface area contributed by atoms with Gasteiger partial charge in [-0.25, -0.2) is 17.2 Å². The van der Waals surface area contributed by atoms with Crippen molar-refractivity contribution < 1.29 is 21.9 Å². The average molecular weight is 451 g/mol. The van der Waals surface area contributed by atoms with E-state index in [2.05, 4.69) is 6.92 Å². The van der Waals surface area contributed by atoms with E-state index < -0.39 is 33.4 Å². The molecule has 0 aliphatic rings. The molecule has 1 radical (unpaired) electrons. The van der Waals surface area contributed by atoms with Gasteiger partial charge in [-0.2, -0.15) is 0 Å². The lowest BCUT2D eigenvalue weighted by molar-refractivity contribution is 0.355. The average Bonchev–Trinajstić information content (AvgIpc) is 2.71. The van der Waals surface area contributed by atoms with Crippen LogP contribution in [0.15, 0.2) is 71.6 Å². The third kappa shape index (κ3) is 4.42. The Morgan fingerprint density at radius 2 is 1.73 bits per heavy atom. The molecule has 0 aliphatic carbocycles. The lowest BCUT2D eigenvalue weighted by Crippen LogP contribution is -2.34. The third-order valence-corrected chi connectivity index (χ3v) is 6.65. The lowest BCUT2D eigenvalue weighted by atomic mass is 10.1. The van der Waals surface area contributed by atoms with Crippen LogP contribution in [0.1, 0.15) is 18.5 Å². The highest BCUT2D eigenvalue weighted by Gasteiger charge is 2.33. The number of nitrogens with zero attached hydrogens (tertiary/aromatic N) is 1. The zero-order valence-corrected chi connectivity index (χ0v) is 17.6. The van der Waals surface area contributed by atoms with Crippen LogP contribution >= 0.6 is 11.6 Å². The number of para-hydroxylation sites is 1. The highest BCUT2D eigenvalue weighted by molar-refractivity contribution is 7.92. The summed E-state index contributed by atoms with van der Waals surface area (Å²) >= 11 is 5.88. The van der Waals surface area contributed by atoms with Crippen LogP contribution in [0.25, 0.3) is 0 Å². The summed E-state index contributed by atoms with van der Waals surface area (Å²) in [5.41, 5.74) is 0.0595. The quantitative estimate of drug-likeness (QED) is 0.458. The molecule has 0 aromatic heterocycles. The second kappa shape index (κ2) is 9.02. The van der Waals surface area contributed by atoms with Crippen molar-refractivity contribution >= 4 is 27.3 Å². The number of rotatable bonds is 7. The molecule has 0 aliphatic heterocycles. The first-order chi connectivity index (χ1) is 14.3. The van der Waals surface area contributed by atoms with Gasteiger partial charge in [0.25, 0.3) is 10.0 Å². The van der Waals surface area contributed by atoms with E-state index in [1.54, 1.807) is 31.2 Å². The number of halogens is 3. The lowest BCUT2D eigenvalue weighted by Gasteiger charge is -2.32. The van der Waals surface area contributed by atoms with E-state index in [4.69, 9.17) is 16.3 Å². The summed E-state index contributed by atoms with van der Waals surface area (Å²) in [5, 5.41) is 0.347. The monoisotopic (exact) mass is 450 g/mol. The van der Waals surface area contributed by atoms with Gasteiger partial charge in [0.15, 0.2) is 0 Å². The molecular formula is C22H19ClF2NO3S. The number of hydrogen-bond donors (Lipinski definition) is 0. The SMILES string of the molecule is [CH2]COc1ccccc1C(C)N(c1cc(F)ccc1F)S(=O)(=O)c1ccc(Cl)cc1. The predicted octanol–water partition coefficient (Wildman–Crippen LogP) is 5.79. The first-order valence-corrected chi connectivity index (χ1v) is 10.8. The van der Waals surface area contributed by atoms with Gasteiger partial charge in [-0.3, -0.25) is 4.31 Å². The molecule has 1 unspecified atom stereocenters. The molecule has 3 aromatic carbocycles. The Kier molecular flexibility index (Phi) is 6.63. The molecule has 0 N–H and O–H groups in total. The fourth-order valence-electron chi connectivity index (χ4n) is 3.11. The summed E-state index contributed by atoms with van der Waals surface area (Å²) in [4.78, 5) is -0.113. The highest BCUT2D eigenvalue weighted by atomic mass is 35.5. The normalized spacial score (nSPS) is 12.4. The van der Waals surface area contributed by atoms with Crippen LogP contribution in [0.4, 0.5) is 14.5 Å². The maximum Gasteiger partial charge on any atom is 0.264 e. The molecule has 157 valence electrons. The molecular weight excluding hydrogens is 432 g/mol. The zero-order chi connectivity index (χ0) is 21.9. The van der Waals surface area contributed by atoms with E-state index in [0.29, 0.717) is 16.3 Å². The third-order valence-electron chi connectivity index (χ3n) is 4.49. The van der Waals surface area contributed by atoms with Crippen molar-refractivity contribution in [1.82, 2.24) is 0 Å². The molecule has 0 spiro atoms. The Labute approximate surface area is 179 Å². The molecule has 4 nitrogen and oxygen atoms in total. The smallest absolute Gasteiger partial charge is 0.264 e. The molecule has 0 saturated heterocycles.